The molecule has 2 heteroatoms. The number of hydrogen-bond donors (Lipinski definition) is 0. The Kier molecular flexibility index (Phi) is 2.76. The lowest BCUT2D eigenvalue weighted by Crippen LogP contribution is -2.11. The Balaban J connectivity index is 2.56. The number of benzene rings is 3. The molecule has 0 saturated heterocycles. The van der Waals surface area contributed by atoms with Crippen molar-refractivity contribution in [3.05, 3.63) is 54.6 Å². The van der Waals surface area contributed by atoms with E-state index in [0.717, 1.165) is 0 Å². The third-order valence-electron chi connectivity index (χ3n) is 3.02. The molecular formula is C14H9ClMg. The summed E-state index contributed by atoms with van der Waals surface area (Å²) in [4.78, 5) is 0. The maximum Gasteiger partial charge on any atom is 0.539 e. The van der Waals surface area contributed by atoms with E-state index in [-0.39, 0.29) is 0 Å². The molecule has 74 valence electrons. The molecule has 0 aliphatic rings. The van der Waals surface area contributed by atoms with E-state index < -0.39 is 19.3 Å². The smallest absolute Gasteiger partial charge is 0.336 e. The molecule has 0 aliphatic carbocycles. The number of halogens is 1. The molecule has 0 spiro atoms. The molecule has 0 amide bonds. The Hall–Kier alpha value is -0.764. The Labute approximate surface area is 108 Å². The summed E-state index contributed by atoms with van der Waals surface area (Å²) in [5.41, 5.74) is 0. The first-order chi connectivity index (χ1) is 7.90. The van der Waals surface area contributed by atoms with Crippen molar-refractivity contribution in [2.24, 2.45) is 0 Å². The van der Waals surface area contributed by atoms with Gasteiger partial charge in [0.2, 0.25) is 0 Å². The fourth-order valence-electron chi connectivity index (χ4n) is 2.25. The second-order valence-electron chi connectivity index (χ2n) is 3.93. The molecule has 0 saturated carbocycles. The summed E-state index contributed by atoms with van der Waals surface area (Å²) in [7, 11) is 6.22. The first-order valence-corrected chi connectivity index (χ1v) is 8.20. The topological polar surface area (TPSA) is 0 Å². The van der Waals surface area contributed by atoms with Crippen LogP contribution in [0.3, 0.4) is 0 Å². The van der Waals surface area contributed by atoms with Crippen LogP contribution in [0.5, 0.6) is 0 Å². The van der Waals surface area contributed by atoms with Gasteiger partial charge in [-0.05, 0) is 27.6 Å². The minimum absolute atomic E-state index is 0.680. The lowest BCUT2D eigenvalue weighted by Gasteiger charge is -2.09. The lowest BCUT2D eigenvalue weighted by molar-refractivity contribution is 1.78. The van der Waals surface area contributed by atoms with E-state index in [1.54, 1.807) is 0 Å². The molecule has 16 heavy (non-hydrogen) atoms. The van der Waals surface area contributed by atoms with Gasteiger partial charge >= 0.3 is 19.3 Å². The van der Waals surface area contributed by atoms with Crippen molar-refractivity contribution in [3.8, 4) is 0 Å². The maximum absolute atomic E-state index is 6.22. The van der Waals surface area contributed by atoms with Crippen molar-refractivity contribution in [1.29, 1.82) is 0 Å². The van der Waals surface area contributed by atoms with E-state index in [1.165, 1.54) is 25.2 Å². The van der Waals surface area contributed by atoms with E-state index in [0.29, 0.717) is 0 Å². The van der Waals surface area contributed by atoms with Gasteiger partial charge in [0.05, 0.1) is 0 Å². The molecule has 3 aromatic carbocycles. The van der Waals surface area contributed by atoms with Crippen molar-refractivity contribution >= 4 is 53.6 Å². The Morgan fingerprint density at radius 3 is 1.75 bits per heavy atom. The lowest BCUT2D eigenvalue weighted by atomic mass is 10.0. The Bertz CT molecular complexity index is 607. The number of fused-ring (bicyclic) bond motifs is 2. The monoisotopic (exact) mass is 236 g/mol. The predicted molar refractivity (Wildman–Crippen MR) is 72.7 cm³/mol. The molecule has 3 rings (SSSR count). The van der Waals surface area contributed by atoms with Gasteiger partial charge in [-0.15, -0.1) is 3.69 Å². The van der Waals surface area contributed by atoms with Crippen molar-refractivity contribution in [3.63, 3.8) is 0 Å². The highest BCUT2D eigenvalue weighted by Gasteiger charge is 2.07. The van der Waals surface area contributed by atoms with Crippen molar-refractivity contribution < 1.29 is 0 Å². The summed E-state index contributed by atoms with van der Waals surface area (Å²) in [6.45, 7) is 0. The zero-order valence-corrected chi connectivity index (χ0v) is 11.0. The summed E-state index contributed by atoms with van der Waals surface area (Å²) >= 11 is -0.680. The Morgan fingerprint density at radius 1 is 0.750 bits per heavy atom. The van der Waals surface area contributed by atoms with Gasteiger partial charge in [-0.25, -0.2) is 0 Å². The minimum atomic E-state index is -0.680. The van der Waals surface area contributed by atoms with E-state index in [9.17, 15) is 0 Å². The minimum Gasteiger partial charge on any atom is -0.336 e. The second kappa shape index (κ2) is 4.25. The Morgan fingerprint density at radius 2 is 1.25 bits per heavy atom. The van der Waals surface area contributed by atoms with Crippen LogP contribution in [0.2, 0.25) is 0 Å². The molecule has 0 nitrogen and oxygen atoms in total. The quantitative estimate of drug-likeness (QED) is 0.449. The molecule has 0 fully saturated rings. The summed E-state index contributed by atoms with van der Waals surface area (Å²) in [6.07, 6.45) is 0. The van der Waals surface area contributed by atoms with Gasteiger partial charge in [-0.2, -0.15) is 0 Å². The van der Waals surface area contributed by atoms with Crippen LogP contribution in [-0.2, 0) is 0 Å². The molecule has 0 atom stereocenters. The molecule has 0 N–H and O–H groups in total. The third kappa shape index (κ3) is 1.60. The standard InChI is InChI=1S/C14H9.ClH.Mg/c1-2-6-12-10-14-8-4-3-7-13(14)9-11(12)5-1;;/h1-9H;1H;/q;;+1/p-1. The number of rotatable bonds is 1. The van der Waals surface area contributed by atoms with Crippen LogP contribution in [0.25, 0.3) is 21.5 Å². The van der Waals surface area contributed by atoms with Crippen molar-refractivity contribution in [1.82, 2.24) is 0 Å². The zero-order valence-electron chi connectivity index (χ0n) is 8.78. The highest BCUT2D eigenvalue weighted by molar-refractivity contribution is 7.03. The average molecular weight is 237 g/mol. The summed E-state index contributed by atoms with van der Waals surface area (Å²) < 4.78 is 1.37. The van der Waals surface area contributed by atoms with Crippen molar-refractivity contribution in [2.45, 2.75) is 0 Å². The molecule has 3 aromatic rings. The summed E-state index contributed by atoms with van der Waals surface area (Å²) in [5.74, 6) is 0. The maximum atomic E-state index is 6.22. The molecule has 0 heterocycles. The van der Waals surface area contributed by atoms with E-state index in [2.05, 4.69) is 54.6 Å². The highest BCUT2D eigenvalue weighted by Crippen LogP contribution is 2.20. The van der Waals surface area contributed by atoms with Crippen LogP contribution in [0.1, 0.15) is 0 Å². The van der Waals surface area contributed by atoms with Crippen LogP contribution in [0, 0.1) is 0 Å². The fraction of sp³-hybridized carbons (Fsp3) is 0. The SMILES string of the molecule is [Cl][Mg][c]1c2ccccc2cc2ccccc12. The van der Waals surface area contributed by atoms with Crippen LogP contribution >= 0.6 is 9.07 Å². The number of hydrogen-bond acceptors (Lipinski definition) is 0. The molecule has 0 radical (unpaired) electrons. The van der Waals surface area contributed by atoms with Gasteiger partial charge in [0.25, 0.3) is 0 Å². The third-order valence-corrected chi connectivity index (χ3v) is 4.85. The van der Waals surface area contributed by atoms with E-state index >= 15 is 0 Å². The van der Waals surface area contributed by atoms with Gasteiger partial charge in [-0.1, -0.05) is 48.5 Å². The highest BCUT2D eigenvalue weighted by atomic mass is 35.5. The van der Waals surface area contributed by atoms with E-state index in [4.69, 9.17) is 9.07 Å². The van der Waals surface area contributed by atoms with Gasteiger partial charge in [0.1, 0.15) is 0 Å². The van der Waals surface area contributed by atoms with Gasteiger partial charge in [0.15, 0.2) is 0 Å². The molecule has 0 bridgehead atoms. The first kappa shape index (κ1) is 10.4. The van der Waals surface area contributed by atoms with Gasteiger partial charge < -0.3 is 9.07 Å². The van der Waals surface area contributed by atoms with Crippen LogP contribution < -0.4 is 3.69 Å². The molecular weight excluding hydrogens is 228 g/mol. The summed E-state index contributed by atoms with van der Waals surface area (Å²) in [5, 5.41) is 5.24. The van der Waals surface area contributed by atoms with E-state index in [1.807, 2.05) is 0 Å². The molecule has 0 aliphatic heterocycles. The van der Waals surface area contributed by atoms with Crippen LogP contribution in [0.15, 0.2) is 54.6 Å². The van der Waals surface area contributed by atoms with Crippen LogP contribution in [-0.4, -0.2) is 19.3 Å². The largest absolute Gasteiger partial charge is 0.539 e. The zero-order chi connectivity index (χ0) is 11.0. The fourth-order valence-corrected chi connectivity index (χ4v) is 4.05. The normalized spacial score (nSPS) is 10.6. The second-order valence-corrected chi connectivity index (χ2v) is 5.71. The van der Waals surface area contributed by atoms with Gasteiger partial charge in [-0.3, -0.25) is 0 Å². The van der Waals surface area contributed by atoms with Gasteiger partial charge in [0, 0.05) is 0 Å². The van der Waals surface area contributed by atoms with Crippen LogP contribution in [0.4, 0.5) is 0 Å². The first-order valence-electron chi connectivity index (χ1n) is 5.35. The molecule has 0 unspecified atom stereocenters. The average Bonchev–Trinajstić information content (AvgIpc) is 2.36. The molecule has 0 aromatic heterocycles. The predicted octanol–water partition coefficient (Wildman–Crippen LogP) is 3.48. The summed E-state index contributed by atoms with van der Waals surface area (Å²) in [6, 6.07) is 19.2. The van der Waals surface area contributed by atoms with Crippen molar-refractivity contribution in [2.75, 3.05) is 0 Å².